The van der Waals surface area contributed by atoms with Gasteiger partial charge in [0, 0.05) is 16.5 Å². The Balaban J connectivity index is 1.58. The van der Waals surface area contributed by atoms with E-state index in [9.17, 15) is 9.59 Å². The SMILES string of the molecule is O=C(C=Cc1ccccc1)Oc1ccc(C(=O)C=Cc2cccs2)cc1. The van der Waals surface area contributed by atoms with Gasteiger partial charge in [-0.25, -0.2) is 4.79 Å². The summed E-state index contributed by atoms with van der Waals surface area (Å²) in [5, 5.41) is 1.96. The van der Waals surface area contributed by atoms with Crippen LogP contribution < -0.4 is 4.74 Å². The van der Waals surface area contributed by atoms with Gasteiger partial charge in [-0.15, -0.1) is 11.3 Å². The highest BCUT2D eigenvalue weighted by Crippen LogP contribution is 2.15. The van der Waals surface area contributed by atoms with Gasteiger partial charge in [-0.3, -0.25) is 4.79 Å². The fourth-order valence-electron chi connectivity index (χ4n) is 2.21. The zero-order valence-electron chi connectivity index (χ0n) is 13.9. The van der Waals surface area contributed by atoms with Crippen molar-refractivity contribution in [2.45, 2.75) is 0 Å². The zero-order chi connectivity index (χ0) is 18.2. The summed E-state index contributed by atoms with van der Waals surface area (Å²) in [6.45, 7) is 0. The summed E-state index contributed by atoms with van der Waals surface area (Å²) in [7, 11) is 0. The maximum atomic E-state index is 12.1. The number of allylic oxidation sites excluding steroid dienone is 1. The fraction of sp³-hybridized carbons (Fsp3) is 0. The standard InChI is InChI=1S/C22H16O3S/c23-21(14-13-20-7-4-16-26-20)18-9-11-19(12-10-18)25-22(24)15-8-17-5-2-1-3-6-17/h1-16H. The molecule has 3 nitrogen and oxygen atoms in total. The summed E-state index contributed by atoms with van der Waals surface area (Å²) >= 11 is 1.57. The van der Waals surface area contributed by atoms with E-state index < -0.39 is 5.97 Å². The molecule has 2 aromatic carbocycles. The molecule has 0 saturated heterocycles. The van der Waals surface area contributed by atoms with Gasteiger partial charge in [0.05, 0.1) is 0 Å². The second-order valence-corrected chi connectivity index (χ2v) is 6.38. The van der Waals surface area contributed by atoms with E-state index in [4.69, 9.17) is 4.74 Å². The molecule has 0 saturated carbocycles. The van der Waals surface area contributed by atoms with E-state index in [-0.39, 0.29) is 5.78 Å². The lowest BCUT2D eigenvalue weighted by Gasteiger charge is -2.02. The number of ketones is 1. The van der Waals surface area contributed by atoms with Crippen LogP contribution in [-0.4, -0.2) is 11.8 Å². The lowest BCUT2D eigenvalue weighted by atomic mass is 10.1. The highest BCUT2D eigenvalue weighted by atomic mass is 32.1. The molecule has 0 radical (unpaired) electrons. The first kappa shape index (κ1) is 17.6. The molecule has 0 bridgehead atoms. The van der Waals surface area contributed by atoms with Crippen molar-refractivity contribution in [3.05, 3.63) is 100 Å². The van der Waals surface area contributed by atoms with Gasteiger partial charge in [-0.05, 0) is 59.5 Å². The average molecular weight is 360 g/mol. The first-order chi connectivity index (χ1) is 12.7. The van der Waals surface area contributed by atoms with E-state index in [1.54, 1.807) is 47.8 Å². The van der Waals surface area contributed by atoms with Crippen LogP contribution in [0.2, 0.25) is 0 Å². The Morgan fingerprint density at radius 3 is 2.27 bits per heavy atom. The van der Waals surface area contributed by atoms with Gasteiger partial charge in [0.1, 0.15) is 5.75 Å². The lowest BCUT2D eigenvalue weighted by molar-refractivity contribution is -0.128. The molecule has 3 aromatic rings. The van der Waals surface area contributed by atoms with Gasteiger partial charge >= 0.3 is 5.97 Å². The van der Waals surface area contributed by atoms with Crippen LogP contribution in [0, 0.1) is 0 Å². The van der Waals surface area contributed by atoms with E-state index in [1.165, 1.54) is 12.2 Å². The molecule has 0 unspecified atom stereocenters. The number of rotatable bonds is 6. The fourth-order valence-corrected chi connectivity index (χ4v) is 2.82. The predicted octanol–water partition coefficient (Wildman–Crippen LogP) is 5.26. The predicted molar refractivity (Wildman–Crippen MR) is 105 cm³/mol. The molecule has 1 aromatic heterocycles. The molecular weight excluding hydrogens is 344 g/mol. The Hall–Kier alpha value is -3.24. The molecule has 0 aliphatic carbocycles. The van der Waals surface area contributed by atoms with Gasteiger partial charge in [0.25, 0.3) is 0 Å². The highest BCUT2D eigenvalue weighted by molar-refractivity contribution is 7.10. The number of ether oxygens (including phenoxy) is 1. The molecule has 1 heterocycles. The number of carbonyl (C=O) groups excluding carboxylic acids is 2. The van der Waals surface area contributed by atoms with Crippen LogP contribution in [0.5, 0.6) is 5.75 Å². The van der Waals surface area contributed by atoms with Crippen LogP contribution in [0.1, 0.15) is 20.8 Å². The molecule has 26 heavy (non-hydrogen) atoms. The monoisotopic (exact) mass is 360 g/mol. The van der Waals surface area contributed by atoms with Crippen molar-refractivity contribution in [3.8, 4) is 5.75 Å². The van der Waals surface area contributed by atoms with Crippen molar-refractivity contribution in [1.82, 2.24) is 0 Å². The second kappa shape index (κ2) is 8.74. The van der Waals surface area contributed by atoms with Crippen molar-refractivity contribution in [2.75, 3.05) is 0 Å². The van der Waals surface area contributed by atoms with Crippen molar-refractivity contribution < 1.29 is 14.3 Å². The van der Waals surface area contributed by atoms with E-state index in [2.05, 4.69) is 0 Å². The molecule has 0 spiro atoms. The topological polar surface area (TPSA) is 43.4 Å². The molecule has 0 fully saturated rings. The molecule has 0 amide bonds. The van der Waals surface area contributed by atoms with Crippen molar-refractivity contribution in [2.24, 2.45) is 0 Å². The molecule has 4 heteroatoms. The molecule has 128 valence electrons. The second-order valence-electron chi connectivity index (χ2n) is 5.40. The van der Waals surface area contributed by atoms with Gasteiger partial charge in [0.15, 0.2) is 5.78 Å². The molecule has 0 N–H and O–H groups in total. The third-order valence-corrected chi connectivity index (χ3v) is 4.35. The van der Waals surface area contributed by atoms with Gasteiger partial charge < -0.3 is 4.74 Å². The molecule has 0 aliphatic heterocycles. The summed E-state index contributed by atoms with van der Waals surface area (Å²) in [5.41, 5.74) is 1.46. The first-order valence-electron chi connectivity index (χ1n) is 8.02. The Bertz CT molecular complexity index is 921. The van der Waals surface area contributed by atoms with E-state index in [1.807, 2.05) is 47.8 Å². The number of esters is 1. The third kappa shape index (κ3) is 5.13. The van der Waals surface area contributed by atoms with E-state index in [0.29, 0.717) is 11.3 Å². The van der Waals surface area contributed by atoms with Gasteiger partial charge in [-0.1, -0.05) is 36.4 Å². The molecule has 0 aliphatic rings. The van der Waals surface area contributed by atoms with Crippen LogP contribution in [0.3, 0.4) is 0 Å². The van der Waals surface area contributed by atoms with Crippen LogP contribution in [0.25, 0.3) is 12.2 Å². The summed E-state index contributed by atoms with van der Waals surface area (Å²) in [4.78, 5) is 25.0. The number of carbonyl (C=O) groups is 2. The zero-order valence-corrected chi connectivity index (χ0v) is 14.7. The smallest absolute Gasteiger partial charge is 0.336 e. The van der Waals surface area contributed by atoms with E-state index >= 15 is 0 Å². The van der Waals surface area contributed by atoms with Crippen LogP contribution >= 0.6 is 11.3 Å². The molecule has 0 atom stereocenters. The van der Waals surface area contributed by atoms with Crippen LogP contribution in [-0.2, 0) is 4.79 Å². The normalized spacial score (nSPS) is 11.1. The largest absolute Gasteiger partial charge is 0.423 e. The van der Waals surface area contributed by atoms with Crippen molar-refractivity contribution in [3.63, 3.8) is 0 Å². The third-order valence-electron chi connectivity index (χ3n) is 3.51. The lowest BCUT2D eigenvalue weighted by Crippen LogP contribution is -2.04. The Morgan fingerprint density at radius 2 is 1.58 bits per heavy atom. The number of hydrogen-bond acceptors (Lipinski definition) is 4. The Labute approximate surface area is 155 Å². The van der Waals surface area contributed by atoms with Gasteiger partial charge in [0.2, 0.25) is 0 Å². The summed E-state index contributed by atoms with van der Waals surface area (Å²) in [5.74, 6) is -0.169. The van der Waals surface area contributed by atoms with E-state index in [0.717, 1.165) is 10.4 Å². The molecule has 3 rings (SSSR count). The van der Waals surface area contributed by atoms with Crippen LogP contribution in [0.15, 0.2) is 84.3 Å². The van der Waals surface area contributed by atoms with Gasteiger partial charge in [-0.2, -0.15) is 0 Å². The maximum Gasteiger partial charge on any atom is 0.336 e. The first-order valence-corrected chi connectivity index (χ1v) is 8.89. The quantitative estimate of drug-likeness (QED) is 0.260. The maximum absolute atomic E-state index is 12.1. The Kier molecular flexibility index (Phi) is 5.91. The minimum Gasteiger partial charge on any atom is -0.423 e. The number of thiophene rings is 1. The Morgan fingerprint density at radius 1 is 0.808 bits per heavy atom. The molecular formula is C22H16O3S. The summed E-state index contributed by atoms with van der Waals surface area (Å²) < 4.78 is 5.24. The van der Waals surface area contributed by atoms with Crippen molar-refractivity contribution in [1.29, 1.82) is 0 Å². The summed E-state index contributed by atoms with van der Waals surface area (Å²) in [6.07, 6.45) is 6.39. The summed E-state index contributed by atoms with van der Waals surface area (Å²) in [6, 6.07) is 19.9. The van der Waals surface area contributed by atoms with Crippen molar-refractivity contribution >= 4 is 35.2 Å². The number of benzene rings is 2. The average Bonchev–Trinajstić information content (AvgIpc) is 3.19. The minimum atomic E-state index is -0.467. The van der Waals surface area contributed by atoms with Crippen LogP contribution in [0.4, 0.5) is 0 Å². The highest BCUT2D eigenvalue weighted by Gasteiger charge is 2.04. The minimum absolute atomic E-state index is 0.0970. The number of hydrogen-bond donors (Lipinski definition) is 0.